The molecule has 1 aliphatic rings. The Balaban J connectivity index is 2.03. The van der Waals surface area contributed by atoms with Crippen LogP contribution in [0.25, 0.3) is 0 Å². The molecule has 0 unspecified atom stereocenters. The van der Waals surface area contributed by atoms with Crippen LogP contribution in [0.5, 0.6) is 0 Å². The van der Waals surface area contributed by atoms with Gasteiger partial charge in [-0.25, -0.2) is 0 Å². The number of carbonyl (C=O) groups excluding carboxylic acids is 1. The summed E-state index contributed by atoms with van der Waals surface area (Å²) in [6, 6.07) is 8.12. The van der Waals surface area contributed by atoms with Crippen LogP contribution < -0.4 is 11.1 Å². The predicted octanol–water partition coefficient (Wildman–Crippen LogP) is 1.19. The van der Waals surface area contributed by atoms with Gasteiger partial charge in [0.1, 0.15) is 0 Å². The first-order valence-corrected chi connectivity index (χ1v) is 5.70. The van der Waals surface area contributed by atoms with Crippen molar-refractivity contribution in [3.05, 3.63) is 41.8 Å². The van der Waals surface area contributed by atoms with Gasteiger partial charge in [0.2, 0.25) is 5.91 Å². The van der Waals surface area contributed by atoms with Crippen molar-refractivity contribution in [2.75, 3.05) is 13.1 Å². The molecule has 3 heteroatoms. The average molecular weight is 217 g/mol. The van der Waals surface area contributed by atoms with Crippen molar-refractivity contribution in [3.8, 4) is 0 Å². The molecule has 1 aromatic carbocycles. The van der Waals surface area contributed by atoms with E-state index in [0.717, 1.165) is 18.7 Å². The van der Waals surface area contributed by atoms with E-state index in [1.165, 1.54) is 24.8 Å². The lowest BCUT2D eigenvalue weighted by Gasteiger charge is -2.23. The van der Waals surface area contributed by atoms with Crippen LogP contribution >= 0.6 is 0 Å². The molecule has 1 amide bonds. The highest BCUT2D eigenvalue weighted by atomic mass is 16.1. The maximum absolute atomic E-state index is 10.7. The van der Waals surface area contributed by atoms with Crippen LogP contribution in [0.1, 0.15) is 29.9 Å². The zero-order chi connectivity index (χ0) is 11.4. The summed E-state index contributed by atoms with van der Waals surface area (Å²) >= 11 is 0. The van der Waals surface area contributed by atoms with Crippen LogP contribution in [0, 0.1) is 6.42 Å². The highest BCUT2D eigenvalue weighted by Gasteiger charge is 2.14. The quantitative estimate of drug-likeness (QED) is 0.799. The standard InChI is InChI=1S/C13H17N2O/c14-13(16)9-10-1-3-11(4-2-10)12-5-7-15-8-6-12/h1-4,9,12,15H,5-8H2,(H2,14,16). The third kappa shape index (κ3) is 2.83. The summed E-state index contributed by atoms with van der Waals surface area (Å²) in [6.45, 7) is 2.19. The van der Waals surface area contributed by atoms with E-state index in [1.807, 2.05) is 12.1 Å². The number of hydrogen-bond acceptors (Lipinski definition) is 2. The molecule has 3 nitrogen and oxygen atoms in total. The number of benzene rings is 1. The number of hydrogen-bond donors (Lipinski definition) is 2. The Kier molecular flexibility index (Phi) is 3.57. The third-order valence-electron chi connectivity index (χ3n) is 3.06. The molecule has 1 heterocycles. The molecule has 0 aromatic heterocycles. The first kappa shape index (κ1) is 11.1. The number of nitrogens with two attached hydrogens (primary N) is 1. The van der Waals surface area contributed by atoms with Gasteiger partial charge in [-0.15, -0.1) is 0 Å². The van der Waals surface area contributed by atoms with E-state index in [0.29, 0.717) is 5.92 Å². The molecule has 1 aromatic rings. The summed E-state index contributed by atoms with van der Waals surface area (Å²) in [5, 5.41) is 3.35. The molecular weight excluding hydrogens is 200 g/mol. The monoisotopic (exact) mass is 217 g/mol. The lowest BCUT2D eigenvalue weighted by Crippen LogP contribution is -2.26. The second-order valence-electron chi connectivity index (χ2n) is 4.24. The summed E-state index contributed by atoms with van der Waals surface area (Å²) in [5.41, 5.74) is 7.35. The largest absolute Gasteiger partial charge is 0.369 e. The van der Waals surface area contributed by atoms with Gasteiger partial charge in [0, 0.05) is 0 Å². The van der Waals surface area contributed by atoms with Gasteiger partial charge in [-0.1, -0.05) is 24.3 Å². The fourth-order valence-electron chi connectivity index (χ4n) is 2.18. The van der Waals surface area contributed by atoms with Gasteiger partial charge in [-0.2, -0.15) is 0 Å². The Hall–Kier alpha value is -1.35. The average Bonchev–Trinajstić information content (AvgIpc) is 2.30. The summed E-state index contributed by atoms with van der Waals surface area (Å²) in [4.78, 5) is 10.7. The highest BCUT2D eigenvalue weighted by Crippen LogP contribution is 2.25. The molecule has 0 spiro atoms. The molecule has 0 aliphatic carbocycles. The number of nitrogens with one attached hydrogen (secondary N) is 1. The van der Waals surface area contributed by atoms with Crippen LogP contribution in [0.3, 0.4) is 0 Å². The van der Waals surface area contributed by atoms with Gasteiger partial charge >= 0.3 is 0 Å². The lowest BCUT2D eigenvalue weighted by molar-refractivity contribution is -0.114. The summed E-state index contributed by atoms with van der Waals surface area (Å²) in [6.07, 6.45) is 3.84. The zero-order valence-corrected chi connectivity index (χ0v) is 9.28. The number of amides is 1. The summed E-state index contributed by atoms with van der Waals surface area (Å²) in [7, 11) is 0. The Labute approximate surface area is 96.0 Å². The van der Waals surface area contributed by atoms with Crippen molar-refractivity contribution in [1.29, 1.82) is 0 Å². The molecule has 1 radical (unpaired) electrons. The molecule has 85 valence electrons. The first-order chi connectivity index (χ1) is 7.75. The van der Waals surface area contributed by atoms with Crippen LogP contribution in [0.2, 0.25) is 0 Å². The van der Waals surface area contributed by atoms with E-state index in [2.05, 4.69) is 17.4 Å². The topological polar surface area (TPSA) is 55.1 Å². The first-order valence-electron chi connectivity index (χ1n) is 5.70. The van der Waals surface area contributed by atoms with Crippen molar-refractivity contribution >= 4 is 5.91 Å². The number of carbonyl (C=O) groups is 1. The highest BCUT2D eigenvalue weighted by molar-refractivity contribution is 5.86. The number of piperidine rings is 1. The molecule has 16 heavy (non-hydrogen) atoms. The van der Waals surface area contributed by atoms with Crippen LogP contribution in [0.4, 0.5) is 0 Å². The molecular formula is C13H17N2O. The molecule has 0 atom stereocenters. The molecule has 0 bridgehead atoms. The van der Waals surface area contributed by atoms with Gasteiger partial charge in [0.25, 0.3) is 0 Å². The van der Waals surface area contributed by atoms with Crippen molar-refractivity contribution in [1.82, 2.24) is 5.32 Å². The maximum Gasteiger partial charge on any atom is 0.226 e. The van der Waals surface area contributed by atoms with Gasteiger partial charge in [-0.3, -0.25) is 4.79 Å². The Morgan fingerprint density at radius 1 is 1.25 bits per heavy atom. The third-order valence-corrected chi connectivity index (χ3v) is 3.06. The maximum atomic E-state index is 10.7. The van der Waals surface area contributed by atoms with E-state index in [4.69, 9.17) is 5.73 Å². The minimum Gasteiger partial charge on any atom is -0.369 e. The summed E-state index contributed by atoms with van der Waals surface area (Å²) in [5.74, 6) is 0.262. The van der Waals surface area contributed by atoms with E-state index >= 15 is 0 Å². The molecule has 1 fully saturated rings. The Morgan fingerprint density at radius 3 is 2.44 bits per heavy atom. The van der Waals surface area contributed by atoms with Crippen molar-refractivity contribution < 1.29 is 4.79 Å². The second-order valence-corrected chi connectivity index (χ2v) is 4.24. The van der Waals surface area contributed by atoms with Crippen molar-refractivity contribution in [2.24, 2.45) is 5.73 Å². The van der Waals surface area contributed by atoms with Gasteiger partial charge in [0.15, 0.2) is 0 Å². The molecule has 2 rings (SSSR count). The number of primary amides is 1. The van der Waals surface area contributed by atoms with E-state index in [1.54, 1.807) is 0 Å². The SMILES string of the molecule is NC(=O)[CH]c1ccc(C2CCNCC2)cc1. The van der Waals surface area contributed by atoms with E-state index in [9.17, 15) is 4.79 Å². The van der Waals surface area contributed by atoms with Crippen LogP contribution in [0.15, 0.2) is 24.3 Å². The van der Waals surface area contributed by atoms with Crippen molar-refractivity contribution in [2.45, 2.75) is 18.8 Å². The zero-order valence-electron chi connectivity index (χ0n) is 9.28. The Bertz CT molecular complexity index is 353. The van der Waals surface area contributed by atoms with E-state index in [-0.39, 0.29) is 0 Å². The fourth-order valence-corrected chi connectivity index (χ4v) is 2.18. The lowest BCUT2D eigenvalue weighted by atomic mass is 9.89. The molecule has 0 saturated carbocycles. The molecule has 1 aliphatic heterocycles. The van der Waals surface area contributed by atoms with Crippen molar-refractivity contribution in [3.63, 3.8) is 0 Å². The van der Waals surface area contributed by atoms with Crippen LogP contribution in [-0.4, -0.2) is 19.0 Å². The minimum atomic E-state index is -0.394. The van der Waals surface area contributed by atoms with E-state index < -0.39 is 5.91 Å². The molecule has 1 saturated heterocycles. The predicted molar refractivity (Wildman–Crippen MR) is 63.9 cm³/mol. The molecule has 3 N–H and O–H groups in total. The second kappa shape index (κ2) is 5.12. The van der Waals surface area contributed by atoms with Crippen LogP contribution in [-0.2, 0) is 4.79 Å². The van der Waals surface area contributed by atoms with Gasteiger partial charge in [-0.05, 0) is 43.0 Å². The fraction of sp³-hybridized carbons (Fsp3) is 0.385. The van der Waals surface area contributed by atoms with Gasteiger partial charge < -0.3 is 11.1 Å². The normalized spacial score (nSPS) is 17.2. The summed E-state index contributed by atoms with van der Waals surface area (Å²) < 4.78 is 0. The smallest absolute Gasteiger partial charge is 0.226 e. The van der Waals surface area contributed by atoms with Gasteiger partial charge in [0.05, 0.1) is 6.42 Å². The minimum absolute atomic E-state index is 0.394. The Morgan fingerprint density at radius 2 is 1.88 bits per heavy atom. The number of rotatable bonds is 3.